The molecule has 1 aliphatic carbocycles. The molecule has 1 atom stereocenters. The molecule has 2 aliphatic rings. The second-order valence-electron chi connectivity index (χ2n) is 8.31. The average molecular weight is 413 g/mol. The van der Waals surface area contributed by atoms with Gasteiger partial charge in [-0.05, 0) is 68.9 Å². The van der Waals surface area contributed by atoms with Crippen molar-refractivity contribution >= 4 is 21.6 Å². The molecule has 2 aromatic carbocycles. The van der Waals surface area contributed by atoms with E-state index in [1.165, 1.54) is 5.56 Å². The Hall–Kier alpha value is -2.18. The molecular formula is C23H28N2O3S. The molecule has 2 aromatic rings. The predicted octanol–water partition coefficient (Wildman–Crippen LogP) is 3.59. The Morgan fingerprint density at radius 1 is 1.14 bits per heavy atom. The molecule has 1 amide bonds. The fourth-order valence-electron chi connectivity index (χ4n) is 4.13. The number of sulfonamides is 1. The smallest absolute Gasteiger partial charge is 0.240 e. The van der Waals surface area contributed by atoms with E-state index >= 15 is 0 Å². The number of benzene rings is 2. The van der Waals surface area contributed by atoms with Crippen LogP contribution in [-0.4, -0.2) is 26.9 Å². The second kappa shape index (κ2) is 7.92. The fraction of sp³-hybridized carbons (Fsp3) is 0.435. The van der Waals surface area contributed by atoms with E-state index in [-0.39, 0.29) is 22.8 Å². The quantitative estimate of drug-likeness (QED) is 0.788. The lowest BCUT2D eigenvalue weighted by Gasteiger charge is -2.32. The monoisotopic (exact) mass is 412 g/mol. The van der Waals surface area contributed by atoms with Gasteiger partial charge in [-0.25, -0.2) is 13.1 Å². The summed E-state index contributed by atoms with van der Waals surface area (Å²) in [6.45, 7) is 4.41. The molecule has 1 fully saturated rings. The van der Waals surface area contributed by atoms with Gasteiger partial charge in [-0.1, -0.05) is 36.2 Å². The number of carbonyl (C=O) groups is 1. The highest BCUT2D eigenvalue weighted by Crippen LogP contribution is 2.38. The number of carbonyl (C=O) groups excluding carboxylic acids is 1. The zero-order valence-electron chi connectivity index (χ0n) is 17.0. The van der Waals surface area contributed by atoms with Crippen molar-refractivity contribution < 1.29 is 13.2 Å². The number of anilines is 1. The topological polar surface area (TPSA) is 66.5 Å². The van der Waals surface area contributed by atoms with Crippen molar-refractivity contribution in [3.05, 3.63) is 59.2 Å². The number of nitrogens with zero attached hydrogens (tertiary/aromatic N) is 1. The molecule has 0 unspecified atom stereocenters. The summed E-state index contributed by atoms with van der Waals surface area (Å²) in [5, 5.41) is 0. The van der Waals surface area contributed by atoms with Gasteiger partial charge in [0.25, 0.3) is 0 Å². The number of fused-ring (bicyclic) bond motifs is 1. The molecule has 0 aromatic heterocycles. The number of amides is 1. The van der Waals surface area contributed by atoms with E-state index in [9.17, 15) is 13.2 Å². The van der Waals surface area contributed by atoms with Crippen molar-refractivity contribution in [2.45, 2.75) is 56.9 Å². The third-order valence-corrected chi connectivity index (χ3v) is 7.55. The molecule has 1 N–H and O–H groups in total. The van der Waals surface area contributed by atoms with Gasteiger partial charge in [0.15, 0.2) is 0 Å². The molecule has 1 saturated carbocycles. The second-order valence-corrected chi connectivity index (χ2v) is 10.1. The molecule has 1 aliphatic heterocycles. The molecule has 0 spiro atoms. The highest BCUT2D eigenvalue weighted by atomic mass is 32.2. The first-order valence-corrected chi connectivity index (χ1v) is 11.8. The Morgan fingerprint density at radius 3 is 2.52 bits per heavy atom. The van der Waals surface area contributed by atoms with Crippen LogP contribution in [0.15, 0.2) is 47.4 Å². The van der Waals surface area contributed by atoms with Crippen LogP contribution < -0.4 is 9.62 Å². The molecule has 29 heavy (non-hydrogen) atoms. The summed E-state index contributed by atoms with van der Waals surface area (Å²) in [5.41, 5.74) is 4.09. The van der Waals surface area contributed by atoms with Gasteiger partial charge < -0.3 is 4.90 Å². The minimum absolute atomic E-state index is 0.0746. The zero-order chi connectivity index (χ0) is 20.6. The van der Waals surface area contributed by atoms with Crippen LogP contribution in [0.3, 0.4) is 0 Å². The van der Waals surface area contributed by atoms with E-state index < -0.39 is 10.0 Å². The molecule has 0 bridgehead atoms. The van der Waals surface area contributed by atoms with E-state index in [4.69, 9.17) is 0 Å². The van der Waals surface area contributed by atoms with Crippen LogP contribution >= 0.6 is 0 Å². The standard InChI is InChI=1S/C23H28N2O3S/c1-16-6-8-18(9-7-16)12-13-24-29(27,28)21-10-11-22-20(15-21)14-17(2)25(22)23(26)19-4-3-5-19/h6-11,15,17,19,24H,3-5,12-14H2,1-2H3/t17-/m1/s1. The lowest BCUT2D eigenvalue weighted by molar-refractivity contribution is -0.125. The van der Waals surface area contributed by atoms with Gasteiger partial charge in [-0.15, -0.1) is 0 Å². The van der Waals surface area contributed by atoms with Gasteiger partial charge in [0, 0.05) is 24.2 Å². The summed E-state index contributed by atoms with van der Waals surface area (Å²) in [5.74, 6) is 0.324. The Balaban J connectivity index is 1.45. The summed E-state index contributed by atoms with van der Waals surface area (Å²) >= 11 is 0. The number of rotatable bonds is 6. The zero-order valence-corrected chi connectivity index (χ0v) is 17.8. The van der Waals surface area contributed by atoms with Crippen LogP contribution in [-0.2, 0) is 27.7 Å². The molecule has 154 valence electrons. The maximum Gasteiger partial charge on any atom is 0.240 e. The van der Waals surface area contributed by atoms with Gasteiger partial charge >= 0.3 is 0 Å². The highest BCUT2D eigenvalue weighted by molar-refractivity contribution is 7.89. The Morgan fingerprint density at radius 2 is 1.86 bits per heavy atom. The van der Waals surface area contributed by atoms with E-state index in [0.717, 1.165) is 36.1 Å². The van der Waals surface area contributed by atoms with Crippen LogP contribution in [0.1, 0.15) is 42.9 Å². The highest BCUT2D eigenvalue weighted by Gasteiger charge is 2.37. The Labute approximate surface area is 173 Å². The van der Waals surface area contributed by atoms with Crippen LogP contribution in [0, 0.1) is 12.8 Å². The maximum absolute atomic E-state index is 12.8. The van der Waals surface area contributed by atoms with Crippen molar-refractivity contribution in [2.24, 2.45) is 5.92 Å². The number of aryl methyl sites for hydroxylation is 1. The summed E-state index contributed by atoms with van der Waals surface area (Å²) in [7, 11) is -3.58. The lowest BCUT2D eigenvalue weighted by atomic mass is 9.84. The molecule has 1 heterocycles. The SMILES string of the molecule is Cc1ccc(CCNS(=O)(=O)c2ccc3c(c2)C[C@@H](C)N3C(=O)C2CCC2)cc1. The number of hydrogen-bond acceptors (Lipinski definition) is 3. The number of nitrogens with one attached hydrogen (secondary N) is 1. The minimum atomic E-state index is -3.58. The van der Waals surface area contributed by atoms with Crippen molar-refractivity contribution in [1.29, 1.82) is 0 Å². The maximum atomic E-state index is 12.8. The normalized spacial score (nSPS) is 19.1. The lowest BCUT2D eigenvalue weighted by Crippen LogP contribution is -2.42. The molecule has 5 nitrogen and oxygen atoms in total. The van der Waals surface area contributed by atoms with Crippen molar-refractivity contribution in [2.75, 3.05) is 11.4 Å². The minimum Gasteiger partial charge on any atom is -0.309 e. The van der Waals surface area contributed by atoms with Crippen molar-refractivity contribution in [1.82, 2.24) is 4.72 Å². The van der Waals surface area contributed by atoms with Gasteiger partial charge in [0.1, 0.15) is 0 Å². The summed E-state index contributed by atoms with van der Waals surface area (Å²) < 4.78 is 28.2. The summed E-state index contributed by atoms with van der Waals surface area (Å²) in [6.07, 6.45) is 4.39. The molecule has 0 saturated heterocycles. The summed E-state index contributed by atoms with van der Waals surface area (Å²) in [6, 6.07) is 13.3. The van der Waals surface area contributed by atoms with Crippen LogP contribution in [0.5, 0.6) is 0 Å². The van der Waals surface area contributed by atoms with Gasteiger partial charge in [0.05, 0.1) is 4.90 Å². The van der Waals surface area contributed by atoms with Crippen LogP contribution in [0.25, 0.3) is 0 Å². The molecule has 0 radical (unpaired) electrons. The third kappa shape index (κ3) is 4.09. The third-order valence-electron chi connectivity index (χ3n) is 6.10. The van der Waals surface area contributed by atoms with Gasteiger partial charge in [-0.2, -0.15) is 0 Å². The number of hydrogen-bond donors (Lipinski definition) is 1. The Bertz CT molecular complexity index is 1010. The van der Waals surface area contributed by atoms with E-state index in [0.29, 0.717) is 19.4 Å². The first-order chi connectivity index (χ1) is 13.8. The largest absolute Gasteiger partial charge is 0.309 e. The molecule has 6 heteroatoms. The Kier molecular flexibility index (Phi) is 5.49. The first kappa shape index (κ1) is 20.1. The van der Waals surface area contributed by atoms with E-state index in [1.807, 2.05) is 43.0 Å². The first-order valence-electron chi connectivity index (χ1n) is 10.4. The van der Waals surface area contributed by atoms with E-state index in [2.05, 4.69) is 4.72 Å². The van der Waals surface area contributed by atoms with Crippen molar-refractivity contribution in [3.8, 4) is 0 Å². The van der Waals surface area contributed by atoms with Gasteiger partial charge in [0.2, 0.25) is 15.9 Å². The van der Waals surface area contributed by atoms with E-state index in [1.54, 1.807) is 18.2 Å². The van der Waals surface area contributed by atoms with Crippen LogP contribution in [0.4, 0.5) is 5.69 Å². The average Bonchev–Trinajstić information content (AvgIpc) is 2.96. The van der Waals surface area contributed by atoms with Gasteiger partial charge in [-0.3, -0.25) is 4.79 Å². The fourth-order valence-corrected chi connectivity index (χ4v) is 5.21. The van der Waals surface area contributed by atoms with Crippen LogP contribution in [0.2, 0.25) is 0 Å². The molecule has 4 rings (SSSR count). The summed E-state index contributed by atoms with van der Waals surface area (Å²) in [4.78, 5) is 14.9. The van der Waals surface area contributed by atoms with Crippen molar-refractivity contribution in [3.63, 3.8) is 0 Å². The predicted molar refractivity (Wildman–Crippen MR) is 115 cm³/mol. The molecular weight excluding hydrogens is 384 g/mol.